The van der Waals surface area contributed by atoms with Gasteiger partial charge in [-0.25, -0.2) is 0 Å². The summed E-state index contributed by atoms with van der Waals surface area (Å²) in [5.41, 5.74) is 1.50. The Morgan fingerprint density at radius 2 is 1.89 bits per heavy atom. The van der Waals surface area contributed by atoms with Gasteiger partial charge in [0.2, 0.25) is 0 Å². The molecule has 2 aromatic carbocycles. The molecular weight excluding hydrogens is 346 g/mol. The van der Waals surface area contributed by atoms with Gasteiger partial charge in [0.1, 0.15) is 11.5 Å². The number of hydrogen-bond acceptors (Lipinski definition) is 4. The molecule has 6 nitrogen and oxygen atoms in total. The van der Waals surface area contributed by atoms with E-state index in [0.29, 0.717) is 17.1 Å². The molecule has 0 spiro atoms. The fourth-order valence-corrected chi connectivity index (χ4v) is 2.84. The second kappa shape index (κ2) is 8.58. The SMILES string of the molecule is COc1cccc(C(C)(CC(=O)O)NC(=O)COc2cc(C)ccc2C)c1. The second-order valence-corrected chi connectivity index (χ2v) is 6.74. The Morgan fingerprint density at radius 1 is 1.15 bits per heavy atom. The molecule has 0 fully saturated rings. The van der Waals surface area contributed by atoms with Gasteiger partial charge < -0.3 is 19.9 Å². The number of carbonyl (C=O) groups excluding carboxylic acids is 1. The van der Waals surface area contributed by atoms with Crippen molar-refractivity contribution in [1.82, 2.24) is 5.32 Å². The topological polar surface area (TPSA) is 84.9 Å². The van der Waals surface area contributed by atoms with Crippen LogP contribution in [0.4, 0.5) is 0 Å². The van der Waals surface area contributed by atoms with Gasteiger partial charge in [0.05, 0.1) is 19.1 Å². The first-order chi connectivity index (χ1) is 12.7. The van der Waals surface area contributed by atoms with Crippen LogP contribution in [0.15, 0.2) is 42.5 Å². The van der Waals surface area contributed by atoms with Gasteiger partial charge >= 0.3 is 5.97 Å². The van der Waals surface area contributed by atoms with Crippen LogP contribution in [0, 0.1) is 13.8 Å². The molecule has 0 saturated carbocycles. The van der Waals surface area contributed by atoms with Gasteiger partial charge in [0.15, 0.2) is 6.61 Å². The van der Waals surface area contributed by atoms with Crippen molar-refractivity contribution in [2.75, 3.05) is 13.7 Å². The summed E-state index contributed by atoms with van der Waals surface area (Å²) < 4.78 is 10.8. The number of carboxylic acid groups (broad SMARTS) is 1. The Balaban J connectivity index is 2.16. The average molecular weight is 371 g/mol. The van der Waals surface area contributed by atoms with Crippen LogP contribution in [-0.2, 0) is 15.1 Å². The van der Waals surface area contributed by atoms with Crippen LogP contribution in [0.3, 0.4) is 0 Å². The standard InChI is InChI=1S/C21H25NO5/c1-14-8-9-15(2)18(10-14)27-13-19(23)22-21(3,12-20(24)25)16-6-5-7-17(11-16)26-4/h5-11H,12-13H2,1-4H3,(H,22,23)(H,24,25). The molecule has 0 saturated heterocycles. The molecule has 0 radical (unpaired) electrons. The monoisotopic (exact) mass is 371 g/mol. The van der Waals surface area contributed by atoms with Crippen LogP contribution in [0.1, 0.15) is 30.0 Å². The molecule has 1 unspecified atom stereocenters. The average Bonchev–Trinajstić information content (AvgIpc) is 2.61. The summed E-state index contributed by atoms with van der Waals surface area (Å²) in [5, 5.41) is 12.1. The largest absolute Gasteiger partial charge is 0.497 e. The van der Waals surface area contributed by atoms with Gasteiger partial charge in [0.25, 0.3) is 5.91 Å². The van der Waals surface area contributed by atoms with Crippen molar-refractivity contribution in [1.29, 1.82) is 0 Å². The van der Waals surface area contributed by atoms with Crippen LogP contribution in [0.2, 0.25) is 0 Å². The summed E-state index contributed by atoms with van der Waals surface area (Å²) in [5.74, 6) is -0.199. The summed E-state index contributed by atoms with van der Waals surface area (Å²) >= 11 is 0. The number of ether oxygens (including phenoxy) is 2. The summed E-state index contributed by atoms with van der Waals surface area (Å²) in [6, 6.07) is 12.7. The zero-order valence-corrected chi connectivity index (χ0v) is 16.0. The van der Waals surface area contributed by atoms with Crippen LogP contribution >= 0.6 is 0 Å². The Morgan fingerprint density at radius 3 is 2.56 bits per heavy atom. The van der Waals surface area contributed by atoms with E-state index in [1.807, 2.05) is 32.0 Å². The summed E-state index contributed by atoms with van der Waals surface area (Å²) in [4.78, 5) is 23.8. The zero-order valence-electron chi connectivity index (χ0n) is 16.0. The molecule has 0 aliphatic rings. The highest BCUT2D eigenvalue weighted by molar-refractivity contribution is 5.80. The molecule has 1 atom stereocenters. The molecule has 6 heteroatoms. The number of rotatable bonds is 8. The van der Waals surface area contributed by atoms with E-state index < -0.39 is 17.4 Å². The minimum atomic E-state index is -1.09. The minimum absolute atomic E-state index is 0.205. The number of nitrogens with one attached hydrogen (secondary N) is 1. The third-order valence-corrected chi connectivity index (χ3v) is 4.33. The maximum absolute atomic E-state index is 12.5. The van der Waals surface area contributed by atoms with Gasteiger partial charge in [-0.05, 0) is 55.7 Å². The maximum Gasteiger partial charge on any atom is 0.306 e. The van der Waals surface area contributed by atoms with Crippen molar-refractivity contribution < 1.29 is 24.2 Å². The van der Waals surface area contributed by atoms with E-state index in [1.165, 1.54) is 7.11 Å². The number of amides is 1. The van der Waals surface area contributed by atoms with E-state index >= 15 is 0 Å². The molecule has 2 N–H and O–H groups in total. The predicted octanol–water partition coefficient (Wildman–Crippen LogP) is 3.20. The van der Waals surface area contributed by atoms with Gasteiger partial charge in [-0.15, -0.1) is 0 Å². The number of benzene rings is 2. The third kappa shape index (κ3) is 5.48. The Hall–Kier alpha value is -3.02. The number of aliphatic carboxylic acids is 1. The summed E-state index contributed by atoms with van der Waals surface area (Å²) in [6.45, 7) is 5.31. The third-order valence-electron chi connectivity index (χ3n) is 4.33. The van der Waals surface area contributed by atoms with Crippen LogP contribution in [0.25, 0.3) is 0 Å². The molecule has 0 heterocycles. The van der Waals surface area contributed by atoms with Gasteiger partial charge in [-0.2, -0.15) is 0 Å². The molecule has 0 aliphatic heterocycles. The highest BCUT2D eigenvalue weighted by atomic mass is 16.5. The molecule has 0 bridgehead atoms. The van der Waals surface area contributed by atoms with E-state index in [-0.39, 0.29) is 13.0 Å². The number of carbonyl (C=O) groups is 2. The smallest absolute Gasteiger partial charge is 0.306 e. The fourth-order valence-electron chi connectivity index (χ4n) is 2.84. The van der Waals surface area contributed by atoms with Crippen molar-refractivity contribution in [3.8, 4) is 11.5 Å². The first-order valence-corrected chi connectivity index (χ1v) is 8.61. The molecule has 27 heavy (non-hydrogen) atoms. The molecule has 1 amide bonds. The Labute approximate surface area is 159 Å². The predicted molar refractivity (Wildman–Crippen MR) is 102 cm³/mol. The van der Waals surface area contributed by atoms with E-state index in [2.05, 4.69) is 5.32 Å². The number of methoxy groups -OCH3 is 1. The second-order valence-electron chi connectivity index (χ2n) is 6.74. The molecule has 0 aliphatic carbocycles. The van der Waals surface area contributed by atoms with Crippen molar-refractivity contribution >= 4 is 11.9 Å². The lowest BCUT2D eigenvalue weighted by Crippen LogP contribution is -2.46. The van der Waals surface area contributed by atoms with E-state index in [4.69, 9.17) is 9.47 Å². The quantitative estimate of drug-likeness (QED) is 0.744. The number of carboxylic acids is 1. The minimum Gasteiger partial charge on any atom is -0.497 e. The lowest BCUT2D eigenvalue weighted by atomic mass is 9.88. The van der Waals surface area contributed by atoms with Crippen molar-refractivity contribution in [3.63, 3.8) is 0 Å². The Kier molecular flexibility index (Phi) is 6.45. The van der Waals surface area contributed by atoms with Crippen molar-refractivity contribution in [3.05, 3.63) is 59.2 Å². The summed E-state index contributed by atoms with van der Waals surface area (Å²) in [7, 11) is 1.53. The summed E-state index contributed by atoms with van der Waals surface area (Å²) in [6.07, 6.45) is -0.268. The van der Waals surface area contributed by atoms with Gasteiger partial charge in [0, 0.05) is 0 Å². The Bertz CT molecular complexity index is 833. The first kappa shape index (κ1) is 20.3. The maximum atomic E-state index is 12.5. The zero-order chi connectivity index (χ0) is 20.0. The molecular formula is C21H25NO5. The first-order valence-electron chi connectivity index (χ1n) is 8.61. The molecule has 0 aromatic heterocycles. The van der Waals surface area contributed by atoms with E-state index in [1.54, 1.807) is 31.2 Å². The van der Waals surface area contributed by atoms with Gasteiger partial charge in [-0.3, -0.25) is 9.59 Å². The van der Waals surface area contributed by atoms with Crippen LogP contribution < -0.4 is 14.8 Å². The number of hydrogen-bond donors (Lipinski definition) is 2. The fraction of sp³-hybridized carbons (Fsp3) is 0.333. The lowest BCUT2D eigenvalue weighted by molar-refractivity contribution is -0.139. The number of aryl methyl sites for hydroxylation is 2. The van der Waals surface area contributed by atoms with Crippen molar-refractivity contribution in [2.45, 2.75) is 32.7 Å². The van der Waals surface area contributed by atoms with E-state index in [0.717, 1.165) is 11.1 Å². The normalized spacial score (nSPS) is 12.7. The highest BCUT2D eigenvalue weighted by Crippen LogP contribution is 2.28. The molecule has 2 aromatic rings. The highest BCUT2D eigenvalue weighted by Gasteiger charge is 2.32. The van der Waals surface area contributed by atoms with Crippen molar-refractivity contribution in [2.24, 2.45) is 0 Å². The van der Waals surface area contributed by atoms with Crippen LogP contribution in [-0.4, -0.2) is 30.7 Å². The van der Waals surface area contributed by atoms with Gasteiger partial charge in [-0.1, -0.05) is 24.3 Å². The molecule has 2 rings (SSSR count). The van der Waals surface area contributed by atoms with Crippen LogP contribution in [0.5, 0.6) is 11.5 Å². The molecule has 144 valence electrons. The lowest BCUT2D eigenvalue weighted by Gasteiger charge is -2.30. The van der Waals surface area contributed by atoms with E-state index in [9.17, 15) is 14.7 Å².